The van der Waals surface area contributed by atoms with Crippen molar-refractivity contribution in [3.63, 3.8) is 0 Å². The third-order valence-electron chi connectivity index (χ3n) is 10.8. The third kappa shape index (κ3) is 13.7. The van der Waals surface area contributed by atoms with E-state index in [1.165, 1.54) is 11.8 Å². The minimum absolute atomic E-state index is 0.0825. The summed E-state index contributed by atoms with van der Waals surface area (Å²) in [5.74, 6) is -1.51. The molecule has 4 amide bonds. The fourth-order valence-electron chi connectivity index (χ4n) is 7.63. The summed E-state index contributed by atoms with van der Waals surface area (Å²) < 4.78 is 5.79. The molecule has 54 heavy (non-hydrogen) atoms. The lowest BCUT2D eigenvalue weighted by Gasteiger charge is -2.44. The maximum Gasteiger partial charge on any atom is 0.245 e. The number of ether oxygens (including phenoxy) is 1. The molecule has 3 saturated heterocycles. The average Bonchev–Trinajstić information content (AvgIpc) is 3.77. The summed E-state index contributed by atoms with van der Waals surface area (Å²) in [5.41, 5.74) is 0.873. The number of nitrogens with one attached hydrogen (secondary N) is 3. The zero-order valence-electron chi connectivity index (χ0n) is 33.2. The Morgan fingerprint density at radius 3 is 2.24 bits per heavy atom. The number of aliphatic hydroxyl groups is 4. The SMILES string of the molecule is CCCCCC(CC(=O)NO)C(=O)NC(C(=O)N1CCCC1CO)C(C)C.CCC[C@@H]1C[C@@H](C(=O)N[C@@H]([C@H]2O[C@H](SC)[C@H](O)[C@@H](O)[C@H]2O)[C@H](C)Cl)N(C)C1. The highest BCUT2D eigenvalue weighted by atomic mass is 35.5. The van der Waals surface area contributed by atoms with E-state index in [1.807, 2.05) is 25.8 Å². The highest BCUT2D eigenvalue weighted by Crippen LogP contribution is 2.31. The maximum absolute atomic E-state index is 12.9. The second-order valence-corrected chi connectivity index (χ2v) is 17.0. The van der Waals surface area contributed by atoms with Crippen molar-refractivity contribution in [1.82, 2.24) is 25.9 Å². The number of halogens is 1. The number of rotatable bonds is 18. The van der Waals surface area contributed by atoms with Gasteiger partial charge in [0.25, 0.3) is 0 Å². The fraction of sp³-hybridized carbons (Fsp3) is 0.892. The molecule has 15 nitrogen and oxygen atoms in total. The van der Waals surface area contributed by atoms with Crippen LogP contribution in [0, 0.1) is 17.8 Å². The Morgan fingerprint density at radius 2 is 1.69 bits per heavy atom. The zero-order valence-corrected chi connectivity index (χ0v) is 34.7. The molecule has 3 aliphatic rings. The molecule has 0 aromatic rings. The molecule has 0 spiro atoms. The maximum atomic E-state index is 12.9. The number of alkyl halides is 1. The number of aliphatic hydroxyl groups excluding tert-OH is 4. The number of hydroxylamine groups is 1. The molecular formula is C37H68ClN5O10S. The number of hydrogen-bond acceptors (Lipinski definition) is 12. The van der Waals surface area contributed by atoms with Crippen molar-refractivity contribution in [1.29, 1.82) is 0 Å². The van der Waals surface area contributed by atoms with Gasteiger partial charge in [-0.15, -0.1) is 23.4 Å². The summed E-state index contributed by atoms with van der Waals surface area (Å²) in [7, 11) is 1.94. The molecule has 12 atom stereocenters. The lowest BCUT2D eigenvalue weighted by atomic mass is 9.92. The molecule has 0 aliphatic carbocycles. The molecule has 3 heterocycles. The van der Waals surface area contributed by atoms with E-state index in [2.05, 4.69) is 24.5 Å². The van der Waals surface area contributed by atoms with E-state index < -0.39 is 59.1 Å². The monoisotopic (exact) mass is 809 g/mol. The molecule has 0 aromatic carbocycles. The Bertz CT molecular complexity index is 1170. The lowest BCUT2D eigenvalue weighted by Crippen LogP contribution is -2.65. The smallest absolute Gasteiger partial charge is 0.245 e. The standard InChI is InChI=1S/C19H35N3O5.C18H33ClN2O5S/c1-4-5-6-8-14(11-16(24)21-27)18(25)20-17(13(2)3)19(26)22-10-7-9-15(22)12-23;1-5-6-10-7-11(21(3)8-10)17(25)20-12(9(2)19)16-14(23)13(22)15(24)18(26-16)27-4/h13-15,17,23,27H,4-12H2,1-3H3,(H,20,25)(H,21,24);9-16,18,22-24H,5-8H2,1-4H3,(H,20,25)/t;9-,10+,11-,12+,13-,14+,15+,16+,18+/m.0/s1. The van der Waals surface area contributed by atoms with Gasteiger partial charge in [0.1, 0.15) is 35.9 Å². The third-order valence-corrected chi connectivity index (χ3v) is 11.9. The van der Waals surface area contributed by atoms with Crippen LogP contribution in [0.25, 0.3) is 0 Å². The van der Waals surface area contributed by atoms with E-state index >= 15 is 0 Å². The van der Waals surface area contributed by atoms with Gasteiger partial charge in [-0.3, -0.25) is 29.3 Å². The van der Waals surface area contributed by atoms with Crippen LogP contribution in [0.2, 0.25) is 0 Å². The largest absolute Gasteiger partial charge is 0.394 e. The normalized spacial score (nSPS) is 29.5. The molecule has 0 radical (unpaired) electrons. The Hall–Kier alpha value is -1.76. The second-order valence-electron chi connectivity index (χ2n) is 15.4. The summed E-state index contributed by atoms with van der Waals surface area (Å²) >= 11 is 7.55. The summed E-state index contributed by atoms with van der Waals surface area (Å²) in [5, 5.41) is 54.1. The number of hydrogen-bond donors (Lipinski definition) is 8. The Kier molecular flexibility index (Phi) is 21.6. The van der Waals surface area contributed by atoms with Gasteiger partial charge in [-0.05, 0) is 64.2 Å². The highest BCUT2D eigenvalue weighted by Gasteiger charge is 2.48. The van der Waals surface area contributed by atoms with Crippen molar-refractivity contribution in [2.45, 2.75) is 158 Å². The number of carbonyl (C=O) groups excluding carboxylic acids is 4. The van der Waals surface area contributed by atoms with Crippen molar-refractivity contribution in [2.75, 3.05) is 33.0 Å². The first-order valence-corrected chi connectivity index (χ1v) is 21.3. The van der Waals surface area contributed by atoms with Crippen LogP contribution in [-0.2, 0) is 23.9 Å². The Balaban J connectivity index is 0.000000373. The van der Waals surface area contributed by atoms with E-state index in [4.69, 9.17) is 21.5 Å². The van der Waals surface area contributed by atoms with Crippen LogP contribution in [0.4, 0.5) is 0 Å². The molecule has 3 fully saturated rings. The fourth-order valence-corrected chi connectivity index (χ4v) is 8.51. The molecule has 3 aliphatic heterocycles. The number of carbonyl (C=O) groups is 4. The van der Waals surface area contributed by atoms with E-state index in [-0.39, 0.29) is 48.8 Å². The Morgan fingerprint density at radius 1 is 1.00 bits per heavy atom. The number of amides is 4. The average molecular weight is 810 g/mol. The minimum Gasteiger partial charge on any atom is -0.394 e. The van der Waals surface area contributed by atoms with Crippen LogP contribution in [0.1, 0.15) is 98.8 Å². The predicted octanol–water partition coefficient (Wildman–Crippen LogP) is 1.59. The van der Waals surface area contributed by atoms with Gasteiger partial charge in [0.15, 0.2) is 0 Å². The molecule has 0 aromatic heterocycles. The summed E-state index contributed by atoms with van der Waals surface area (Å²) in [6.07, 6.45) is 4.65. The number of thioether (sulfide) groups is 1. The number of unbranched alkanes of at least 4 members (excludes halogenated alkanes) is 2. The molecule has 17 heteroatoms. The van der Waals surface area contributed by atoms with Crippen LogP contribution >= 0.6 is 23.4 Å². The van der Waals surface area contributed by atoms with Crippen LogP contribution in [0.3, 0.4) is 0 Å². The van der Waals surface area contributed by atoms with E-state index in [9.17, 15) is 39.6 Å². The topological polar surface area (TPSA) is 221 Å². The summed E-state index contributed by atoms with van der Waals surface area (Å²) in [6, 6.07) is -1.83. The van der Waals surface area contributed by atoms with Crippen molar-refractivity contribution in [3.05, 3.63) is 0 Å². The molecule has 3 unspecified atom stereocenters. The molecule has 0 bridgehead atoms. The minimum atomic E-state index is -1.36. The first-order chi connectivity index (χ1) is 25.6. The summed E-state index contributed by atoms with van der Waals surface area (Å²) in [4.78, 5) is 53.9. The highest BCUT2D eigenvalue weighted by molar-refractivity contribution is 7.99. The Labute approximate surface area is 330 Å². The van der Waals surface area contributed by atoms with Gasteiger partial charge in [0, 0.05) is 25.4 Å². The molecule has 3 rings (SSSR count). The molecular weight excluding hydrogens is 742 g/mol. The number of likely N-dealkylation sites (tertiary alicyclic amines) is 2. The first-order valence-electron chi connectivity index (χ1n) is 19.6. The lowest BCUT2D eigenvalue weighted by molar-refractivity contribution is -0.205. The molecule has 314 valence electrons. The number of likely N-dealkylation sites (N-methyl/N-ethyl adjacent to an activating group) is 1. The van der Waals surface area contributed by atoms with Crippen LogP contribution in [0.15, 0.2) is 0 Å². The van der Waals surface area contributed by atoms with Crippen LogP contribution in [-0.4, -0.2) is 151 Å². The van der Waals surface area contributed by atoms with Crippen LogP contribution in [0.5, 0.6) is 0 Å². The van der Waals surface area contributed by atoms with Crippen molar-refractivity contribution < 1.29 is 49.5 Å². The van der Waals surface area contributed by atoms with E-state index in [0.717, 1.165) is 57.9 Å². The van der Waals surface area contributed by atoms with Gasteiger partial charge in [-0.25, -0.2) is 5.48 Å². The van der Waals surface area contributed by atoms with Gasteiger partial charge >= 0.3 is 0 Å². The first kappa shape index (κ1) is 48.4. The van der Waals surface area contributed by atoms with Gasteiger partial charge in [-0.1, -0.05) is 53.4 Å². The second kappa shape index (κ2) is 24.1. The molecule has 0 saturated carbocycles. The van der Waals surface area contributed by atoms with Crippen LogP contribution < -0.4 is 16.1 Å². The zero-order chi connectivity index (χ0) is 40.7. The van der Waals surface area contributed by atoms with E-state index in [0.29, 0.717) is 18.9 Å². The van der Waals surface area contributed by atoms with Crippen molar-refractivity contribution >= 4 is 47.0 Å². The van der Waals surface area contributed by atoms with E-state index in [1.54, 1.807) is 23.6 Å². The van der Waals surface area contributed by atoms with Gasteiger partial charge in [0.05, 0.1) is 30.1 Å². The van der Waals surface area contributed by atoms with Crippen molar-refractivity contribution in [3.8, 4) is 0 Å². The molecule has 8 N–H and O–H groups in total. The van der Waals surface area contributed by atoms with Gasteiger partial charge in [0.2, 0.25) is 23.6 Å². The van der Waals surface area contributed by atoms with Crippen molar-refractivity contribution in [2.24, 2.45) is 17.8 Å². The quantitative estimate of drug-likeness (QED) is 0.0429. The van der Waals surface area contributed by atoms with Gasteiger partial charge < -0.3 is 40.7 Å². The predicted molar refractivity (Wildman–Crippen MR) is 208 cm³/mol. The number of nitrogens with zero attached hydrogens (tertiary/aromatic N) is 2. The summed E-state index contributed by atoms with van der Waals surface area (Å²) in [6.45, 7) is 11.0. The van der Waals surface area contributed by atoms with Gasteiger partial charge in [-0.2, -0.15) is 0 Å².